The predicted molar refractivity (Wildman–Crippen MR) is 108 cm³/mol. The Morgan fingerprint density at radius 3 is 3.00 bits per heavy atom. The minimum absolute atomic E-state index is 0.0933. The number of aryl methyl sites for hydroxylation is 3. The maximum atomic E-state index is 12.1. The number of phenolic OH excluding ortho intramolecular Hbond substituents is 1. The second-order valence-electron chi connectivity index (χ2n) is 6.74. The second-order valence-corrected chi connectivity index (χ2v) is 7.83. The first kappa shape index (κ1) is 17.7. The predicted octanol–water partition coefficient (Wildman–Crippen LogP) is 3.43. The van der Waals surface area contributed by atoms with Crippen LogP contribution in [0, 0.1) is 6.92 Å². The Balaban J connectivity index is 1.35. The zero-order valence-corrected chi connectivity index (χ0v) is 16.0. The molecule has 0 radical (unpaired) electrons. The lowest BCUT2D eigenvalue weighted by Gasteiger charge is -2.10. The molecule has 1 aromatic carbocycles. The SMILES string of the molecule is Cc1nc(NCCCNC(=O)c2cccc(O)c2)c2c3c(sc2n1)CCC3. The molecule has 0 fully saturated rings. The van der Waals surface area contributed by atoms with Crippen molar-refractivity contribution in [1.29, 1.82) is 0 Å². The van der Waals surface area contributed by atoms with Crippen molar-refractivity contribution in [1.82, 2.24) is 15.3 Å². The van der Waals surface area contributed by atoms with Gasteiger partial charge in [-0.25, -0.2) is 9.97 Å². The highest BCUT2D eigenvalue weighted by Gasteiger charge is 2.21. The van der Waals surface area contributed by atoms with Crippen molar-refractivity contribution in [3.8, 4) is 5.75 Å². The van der Waals surface area contributed by atoms with Crippen molar-refractivity contribution < 1.29 is 9.90 Å². The molecule has 7 heteroatoms. The molecule has 0 spiro atoms. The van der Waals surface area contributed by atoms with Gasteiger partial charge in [0.1, 0.15) is 22.2 Å². The van der Waals surface area contributed by atoms with Gasteiger partial charge < -0.3 is 15.7 Å². The molecule has 6 nitrogen and oxygen atoms in total. The van der Waals surface area contributed by atoms with Gasteiger partial charge in [-0.2, -0.15) is 0 Å². The molecule has 0 unspecified atom stereocenters. The number of rotatable bonds is 6. The molecular weight excluding hydrogens is 360 g/mol. The normalized spacial score (nSPS) is 12.9. The van der Waals surface area contributed by atoms with Crippen molar-refractivity contribution in [3.63, 3.8) is 0 Å². The average molecular weight is 382 g/mol. The molecule has 1 aliphatic rings. The van der Waals surface area contributed by atoms with E-state index in [4.69, 9.17) is 0 Å². The Bertz CT molecular complexity index is 999. The third kappa shape index (κ3) is 3.73. The molecule has 0 saturated heterocycles. The maximum absolute atomic E-state index is 12.1. The number of carbonyl (C=O) groups excluding carboxylic acids is 1. The van der Waals surface area contributed by atoms with Crippen molar-refractivity contribution in [2.75, 3.05) is 18.4 Å². The molecule has 3 N–H and O–H groups in total. The number of amides is 1. The van der Waals surface area contributed by atoms with Crippen LogP contribution in [0.15, 0.2) is 24.3 Å². The molecule has 0 bridgehead atoms. The molecule has 2 heterocycles. The molecule has 0 atom stereocenters. The summed E-state index contributed by atoms with van der Waals surface area (Å²) >= 11 is 1.79. The zero-order chi connectivity index (χ0) is 18.8. The van der Waals surface area contributed by atoms with Crippen molar-refractivity contribution in [3.05, 3.63) is 46.1 Å². The van der Waals surface area contributed by atoms with Crippen molar-refractivity contribution in [2.24, 2.45) is 0 Å². The lowest BCUT2D eigenvalue weighted by Crippen LogP contribution is -2.25. The zero-order valence-electron chi connectivity index (χ0n) is 15.2. The van der Waals surface area contributed by atoms with Gasteiger partial charge in [0.2, 0.25) is 0 Å². The minimum atomic E-state index is -0.179. The molecule has 3 aromatic rings. The van der Waals surface area contributed by atoms with Gasteiger partial charge in [0.15, 0.2) is 0 Å². The standard InChI is InChI=1S/C20H22N4O2S/c1-12-23-18(17-15-7-3-8-16(15)27-20(17)24-12)21-9-4-10-22-19(26)13-5-2-6-14(25)11-13/h2,5-6,11,25H,3-4,7-10H2,1H3,(H,22,26)(H,21,23,24). The van der Waals surface area contributed by atoms with E-state index < -0.39 is 0 Å². The van der Waals surface area contributed by atoms with Crippen LogP contribution in [0.3, 0.4) is 0 Å². The summed E-state index contributed by atoms with van der Waals surface area (Å²) in [5.74, 6) is 1.61. The van der Waals surface area contributed by atoms with Crippen LogP contribution in [-0.2, 0) is 12.8 Å². The summed E-state index contributed by atoms with van der Waals surface area (Å²) in [6, 6.07) is 6.36. The van der Waals surface area contributed by atoms with Gasteiger partial charge in [0.25, 0.3) is 5.91 Å². The number of hydrogen-bond acceptors (Lipinski definition) is 6. The number of anilines is 1. The lowest BCUT2D eigenvalue weighted by molar-refractivity contribution is 0.0953. The van der Waals surface area contributed by atoms with Crippen molar-refractivity contribution in [2.45, 2.75) is 32.6 Å². The topological polar surface area (TPSA) is 87.1 Å². The Morgan fingerprint density at radius 2 is 2.15 bits per heavy atom. The number of phenols is 1. The van der Waals surface area contributed by atoms with Crippen molar-refractivity contribution >= 4 is 33.3 Å². The third-order valence-electron chi connectivity index (χ3n) is 4.72. The number of fused-ring (bicyclic) bond motifs is 3. The average Bonchev–Trinajstić information content (AvgIpc) is 3.21. The molecule has 0 saturated carbocycles. The van der Waals surface area contributed by atoms with Crippen LogP contribution < -0.4 is 10.6 Å². The third-order valence-corrected chi connectivity index (χ3v) is 5.90. The summed E-state index contributed by atoms with van der Waals surface area (Å²) in [7, 11) is 0. The van der Waals surface area contributed by atoms with E-state index >= 15 is 0 Å². The smallest absolute Gasteiger partial charge is 0.251 e. The van der Waals surface area contributed by atoms with E-state index in [2.05, 4.69) is 20.6 Å². The number of carbonyl (C=O) groups is 1. The van der Waals surface area contributed by atoms with Gasteiger partial charge in [-0.1, -0.05) is 6.07 Å². The van der Waals surface area contributed by atoms with E-state index in [0.717, 1.165) is 42.3 Å². The first-order valence-electron chi connectivity index (χ1n) is 9.22. The molecule has 2 aromatic heterocycles. The highest BCUT2D eigenvalue weighted by atomic mass is 32.1. The summed E-state index contributed by atoms with van der Waals surface area (Å²) in [5.41, 5.74) is 1.87. The number of benzene rings is 1. The first-order valence-corrected chi connectivity index (χ1v) is 10.0. The Morgan fingerprint density at radius 1 is 1.26 bits per heavy atom. The maximum Gasteiger partial charge on any atom is 0.251 e. The van der Waals surface area contributed by atoms with Crippen LogP contribution in [0.5, 0.6) is 5.75 Å². The number of nitrogens with zero attached hydrogens (tertiary/aromatic N) is 2. The molecular formula is C20H22N4O2S. The first-order chi connectivity index (χ1) is 13.1. The molecule has 27 heavy (non-hydrogen) atoms. The fourth-order valence-electron chi connectivity index (χ4n) is 3.48. The van der Waals surface area contributed by atoms with Crippen LogP contribution in [0.1, 0.15) is 39.5 Å². The Labute approximate surface area is 161 Å². The summed E-state index contributed by atoms with van der Waals surface area (Å²) in [5, 5.41) is 16.9. The van der Waals surface area contributed by atoms with E-state index in [9.17, 15) is 9.90 Å². The number of aromatic nitrogens is 2. The molecule has 0 aliphatic heterocycles. The molecule has 1 aliphatic carbocycles. The summed E-state index contributed by atoms with van der Waals surface area (Å²) < 4.78 is 0. The lowest BCUT2D eigenvalue weighted by atomic mass is 10.2. The van der Waals surface area contributed by atoms with E-state index in [-0.39, 0.29) is 11.7 Å². The number of thiophene rings is 1. The van der Waals surface area contributed by atoms with Gasteiger partial charge in [0, 0.05) is 23.5 Å². The van der Waals surface area contributed by atoms with Crippen LogP contribution in [-0.4, -0.2) is 34.1 Å². The molecule has 1 amide bonds. The van der Waals surface area contributed by atoms with Crippen LogP contribution in [0.25, 0.3) is 10.2 Å². The number of aromatic hydroxyl groups is 1. The van der Waals surface area contributed by atoms with Gasteiger partial charge in [0.05, 0.1) is 5.39 Å². The summed E-state index contributed by atoms with van der Waals surface area (Å²) in [6.45, 7) is 3.19. The minimum Gasteiger partial charge on any atom is -0.508 e. The van der Waals surface area contributed by atoms with Gasteiger partial charge in [-0.05, 0) is 56.4 Å². The van der Waals surface area contributed by atoms with E-state index in [1.807, 2.05) is 6.92 Å². The largest absolute Gasteiger partial charge is 0.508 e. The van der Waals surface area contributed by atoms with Crippen LogP contribution >= 0.6 is 11.3 Å². The second kappa shape index (κ2) is 7.52. The molecule has 4 rings (SSSR count). The fourth-order valence-corrected chi connectivity index (χ4v) is 4.78. The monoisotopic (exact) mass is 382 g/mol. The van der Waals surface area contributed by atoms with Crippen LogP contribution in [0.4, 0.5) is 5.82 Å². The quantitative estimate of drug-likeness (QED) is 0.569. The van der Waals surface area contributed by atoms with E-state index in [1.165, 1.54) is 28.3 Å². The Kier molecular flexibility index (Phi) is 4.94. The van der Waals surface area contributed by atoms with Crippen LogP contribution in [0.2, 0.25) is 0 Å². The number of nitrogens with one attached hydrogen (secondary N) is 2. The van der Waals surface area contributed by atoms with Gasteiger partial charge in [-0.3, -0.25) is 4.79 Å². The van der Waals surface area contributed by atoms with E-state index in [0.29, 0.717) is 12.1 Å². The summed E-state index contributed by atoms with van der Waals surface area (Å²) in [4.78, 5) is 23.8. The molecule has 140 valence electrons. The number of hydrogen-bond donors (Lipinski definition) is 3. The van der Waals surface area contributed by atoms with E-state index in [1.54, 1.807) is 29.5 Å². The van der Waals surface area contributed by atoms with Gasteiger partial charge in [-0.15, -0.1) is 11.3 Å². The summed E-state index contributed by atoms with van der Waals surface area (Å²) in [6.07, 6.45) is 4.25. The Hall–Kier alpha value is -2.67. The van der Waals surface area contributed by atoms with Gasteiger partial charge >= 0.3 is 0 Å². The fraction of sp³-hybridized carbons (Fsp3) is 0.350. The highest BCUT2D eigenvalue weighted by molar-refractivity contribution is 7.19. The highest BCUT2D eigenvalue weighted by Crippen LogP contribution is 2.39.